The standard InChI is InChI=1S/C13H20N2O3/c1-14(2)11-3-5-15(6-4-11)8-12-7-10(9-18-12)13(16)17/h7,9,11H,3-6,8H2,1-2H3,(H,16,17). The van der Waals surface area contributed by atoms with Crippen LogP contribution >= 0.6 is 0 Å². The van der Waals surface area contributed by atoms with E-state index in [0.717, 1.165) is 31.7 Å². The molecule has 1 aliphatic heterocycles. The van der Waals surface area contributed by atoms with Gasteiger partial charge in [0.2, 0.25) is 0 Å². The Labute approximate surface area is 107 Å². The van der Waals surface area contributed by atoms with Crippen LogP contribution in [0.25, 0.3) is 0 Å². The van der Waals surface area contributed by atoms with Gasteiger partial charge in [0.15, 0.2) is 0 Å². The van der Waals surface area contributed by atoms with Crippen molar-refractivity contribution in [3.8, 4) is 0 Å². The third-order valence-electron chi connectivity index (χ3n) is 3.57. The molecule has 0 aliphatic carbocycles. The van der Waals surface area contributed by atoms with Gasteiger partial charge in [0.1, 0.15) is 12.0 Å². The van der Waals surface area contributed by atoms with Crippen LogP contribution < -0.4 is 0 Å². The second-order valence-electron chi connectivity index (χ2n) is 5.08. The molecule has 1 aliphatic rings. The molecule has 1 N–H and O–H groups in total. The molecule has 1 aromatic heterocycles. The molecule has 1 aromatic rings. The largest absolute Gasteiger partial charge is 0.478 e. The maximum absolute atomic E-state index is 10.7. The molecule has 0 atom stereocenters. The van der Waals surface area contributed by atoms with Crippen molar-refractivity contribution in [1.82, 2.24) is 9.80 Å². The summed E-state index contributed by atoms with van der Waals surface area (Å²) < 4.78 is 5.27. The summed E-state index contributed by atoms with van der Waals surface area (Å²) in [6.07, 6.45) is 3.61. The Morgan fingerprint density at radius 3 is 2.67 bits per heavy atom. The molecule has 5 nitrogen and oxygen atoms in total. The summed E-state index contributed by atoms with van der Waals surface area (Å²) in [5.74, 6) is -0.202. The molecule has 0 unspecified atom stereocenters. The molecule has 0 amide bonds. The number of hydrogen-bond donors (Lipinski definition) is 1. The van der Waals surface area contributed by atoms with Gasteiger partial charge in [0, 0.05) is 19.1 Å². The van der Waals surface area contributed by atoms with E-state index >= 15 is 0 Å². The normalized spacial score (nSPS) is 18.4. The Morgan fingerprint density at radius 1 is 1.50 bits per heavy atom. The van der Waals surface area contributed by atoms with Crippen LogP contribution in [0.3, 0.4) is 0 Å². The highest BCUT2D eigenvalue weighted by atomic mass is 16.4. The van der Waals surface area contributed by atoms with Crippen LogP contribution in [0, 0.1) is 0 Å². The van der Waals surface area contributed by atoms with Crippen molar-refractivity contribution in [3.63, 3.8) is 0 Å². The van der Waals surface area contributed by atoms with E-state index < -0.39 is 5.97 Å². The van der Waals surface area contributed by atoms with Crippen molar-refractivity contribution in [3.05, 3.63) is 23.7 Å². The Hall–Kier alpha value is -1.33. The first-order valence-electron chi connectivity index (χ1n) is 6.25. The zero-order valence-corrected chi connectivity index (χ0v) is 10.9. The number of carbonyl (C=O) groups is 1. The molecule has 0 saturated carbocycles. The Balaban J connectivity index is 1.85. The topological polar surface area (TPSA) is 56.9 Å². The first-order valence-corrected chi connectivity index (χ1v) is 6.25. The van der Waals surface area contributed by atoms with Crippen LogP contribution in [0.1, 0.15) is 29.0 Å². The monoisotopic (exact) mass is 252 g/mol. The Bertz CT molecular complexity index is 406. The van der Waals surface area contributed by atoms with Crippen LogP contribution in [0.5, 0.6) is 0 Å². The van der Waals surface area contributed by atoms with Crippen LogP contribution in [0.4, 0.5) is 0 Å². The minimum absolute atomic E-state index is 0.230. The van der Waals surface area contributed by atoms with E-state index in [-0.39, 0.29) is 5.56 Å². The lowest BCUT2D eigenvalue weighted by atomic mass is 10.0. The molecule has 0 bridgehead atoms. The highest BCUT2D eigenvalue weighted by molar-refractivity contribution is 5.87. The second kappa shape index (κ2) is 5.54. The number of aromatic carboxylic acids is 1. The van der Waals surface area contributed by atoms with Gasteiger partial charge >= 0.3 is 5.97 Å². The van der Waals surface area contributed by atoms with Crippen LogP contribution in [-0.4, -0.2) is 54.1 Å². The predicted octanol–water partition coefficient (Wildman–Crippen LogP) is 1.50. The smallest absolute Gasteiger partial charge is 0.338 e. The van der Waals surface area contributed by atoms with Crippen molar-refractivity contribution < 1.29 is 14.3 Å². The molecule has 2 rings (SSSR count). The quantitative estimate of drug-likeness (QED) is 0.880. The van der Waals surface area contributed by atoms with E-state index in [2.05, 4.69) is 23.9 Å². The average molecular weight is 252 g/mol. The minimum Gasteiger partial charge on any atom is -0.478 e. The van der Waals surface area contributed by atoms with E-state index in [9.17, 15) is 4.79 Å². The summed E-state index contributed by atoms with van der Waals surface area (Å²) in [6, 6.07) is 2.27. The first-order chi connectivity index (χ1) is 8.56. The molecule has 2 heterocycles. The lowest BCUT2D eigenvalue weighted by Gasteiger charge is -2.34. The lowest BCUT2D eigenvalue weighted by molar-refractivity contribution is 0.0696. The third kappa shape index (κ3) is 3.11. The summed E-state index contributed by atoms with van der Waals surface area (Å²) >= 11 is 0. The number of piperidine rings is 1. The molecule has 0 spiro atoms. The molecule has 1 saturated heterocycles. The number of hydrogen-bond acceptors (Lipinski definition) is 4. The second-order valence-corrected chi connectivity index (χ2v) is 5.08. The van der Waals surface area contributed by atoms with Gasteiger partial charge in [-0.2, -0.15) is 0 Å². The fourth-order valence-electron chi connectivity index (χ4n) is 2.39. The van der Waals surface area contributed by atoms with E-state index in [1.165, 1.54) is 6.26 Å². The number of furan rings is 1. The van der Waals surface area contributed by atoms with Crippen LogP contribution in [0.15, 0.2) is 16.7 Å². The molecular weight excluding hydrogens is 232 g/mol. The summed E-state index contributed by atoms with van der Waals surface area (Å²) in [6.45, 7) is 2.77. The highest BCUT2D eigenvalue weighted by Gasteiger charge is 2.21. The Morgan fingerprint density at radius 2 is 2.17 bits per heavy atom. The maximum Gasteiger partial charge on any atom is 0.338 e. The average Bonchev–Trinajstić information content (AvgIpc) is 2.78. The molecule has 5 heteroatoms. The number of likely N-dealkylation sites (tertiary alicyclic amines) is 1. The number of carboxylic acids is 1. The fraction of sp³-hybridized carbons (Fsp3) is 0.615. The maximum atomic E-state index is 10.7. The van der Waals surface area contributed by atoms with Crippen molar-refractivity contribution in [1.29, 1.82) is 0 Å². The molecule has 18 heavy (non-hydrogen) atoms. The summed E-state index contributed by atoms with van der Waals surface area (Å²) in [5.41, 5.74) is 0.230. The van der Waals surface area contributed by atoms with E-state index in [4.69, 9.17) is 9.52 Å². The number of carboxylic acid groups (broad SMARTS) is 1. The van der Waals surface area contributed by atoms with Gasteiger partial charge in [-0.05, 0) is 33.0 Å². The van der Waals surface area contributed by atoms with Crippen LogP contribution in [-0.2, 0) is 6.54 Å². The zero-order valence-electron chi connectivity index (χ0n) is 10.9. The molecule has 100 valence electrons. The van der Waals surface area contributed by atoms with Crippen molar-refractivity contribution in [2.75, 3.05) is 27.2 Å². The SMILES string of the molecule is CN(C)C1CCN(Cc2cc(C(=O)O)co2)CC1. The van der Waals surface area contributed by atoms with E-state index in [1.807, 2.05) is 0 Å². The molecular formula is C13H20N2O3. The van der Waals surface area contributed by atoms with Gasteiger partial charge in [-0.3, -0.25) is 4.90 Å². The van der Waals surface area contributed by atoms with E-state index in [1.54, 1.807) is 6.07 Å². The molecule has 0 radical (unpaired) electrons. The van der Waals surface area contributed by atoms with Gasteiger partial charge < -0.3 is 14.4 Å². The van der Waals surface area contributed by atoms with Gasteiger partial charge in [-0.25, -0.2) is 4.79 Å². The van der Waals surface area contributed by atoms with Gasteiger partial charge in [-0.1, -0.05) is 0 Å². The highest BCUT2D eigenvalue weighted by Crippen LogP contribution is 2.17. The van der Waals surface area contributed by atoms with Crippen LogP contribution in [0.2, 0.25) is 0 Å². The van der Waals surface area contributed by atoms with Crippen molar-refractivity contribution >= 4 is 5.97 Å². The zero-order chi connectivity index (χ0) is 13.1. The molecule has 1 fully saturated rings. The lowest BCUT2D eigenvalue weighted by Crippen LogP contribution is -2.41. The Kier molecular flexibility index (Phi) is 4.04. The summed E-state index contributed by atoms with van der Waals surface area (Å²) in [5, 5.41) is 8.82. The van der Waals surface area contributed by atoms with Gasteiger partial charge in [0.25, 0.3) is 0 Å². The van der Waals surface area contributed by atoms with Gasteiger partial charge in [-0.15, -0.1) is 0 Å². The predicted molar refractivity (Wildman–Crippen MR) is 67.7 cm³/mol. The van der Waals surface area contributed by atoms with Crippen molar-refractivity contribution in [2.24, 2.45) is 0 Å². The minimum atomic E-state index is -0.934. The van der Waals surface area contributed by atoms with Crippen molar-refractivity contribution in [2.45, 2.75) is 25.4 Å². The number of rotatable bonds is 4. The van der Waals surface area contributed by atoms with E-state index in [0.29, 0.717) is 12.6 Å². The first kappa shape index (κ1) is 13.1. The number of nitrogens with zero attached hydrogens (tertiary/aromatic N) is 2. The summed E-state index contributed by atoms with van der Waals surface area (Å²) in [4.78, 5) is 15.3. The van der Waals surface area contributed by atoms with Gasteiger partial charge in [0.05, 0.1) is 12.1 Å². The molecule has 0 aromatic carbocycles. The summed E-state index contributed by atoms with van der Waals surface area (Å²) in [7, 11) is 4.23. The fourth-order valence-corrected chi connectivity index (χ4v) is 2.39. The third-order valence-corrected chi connectivity index (χ3v) is 3.57.